The topological polar surface area (TPSA) is 160 Å². The van der Waals surface area contributed by atoms with Gasteiger partial charge in [0.1, 0.15) is 5.76 Å². The number of nitro groups is 1. The number of carbonyl (C=O) groups excluding carboxylic acids is 2. The van der Waals surface area contributed by atoms with Gasteiger partial charge in [0.25, 0.3) is 17.4 Å². The molecular weight excluding hydrogens is 448 g/mol. The Labute approximate surface area is 194 Å². The number of aromatic hydroxyl groups is 1. The van der Waals surface area contributed by atoms with Gasteiger partial charge in [0.2, 0.25) is 0 Å². The molecule has 2 aromatic rings. The fourth-order valence-electron chi connectivity index (χ4n) is 3.68. The molecule has 1 unspecified atom stereocenters. The number of carbonyl (C=O) groups is 2. The highest BCUT2D eigenvalue weighted by atomic mass is 16.6. The number of Topliss-reactive ketones (excluding diaryl/α,β-unsaturated/α-hetero) is 1. The minimum Gasteiger partial charge on any atom is -0.507 e. The Hall–Kier alpha value is -3.96. The largest absolute Gasteiger partial charge is 0.507 e. The molecule has 1 heterocycles. The van der Waals surface area contributed by atoms with E-state index in [9.17, 15) is 29.9 Å². The summed E-state index contributed by atoms with van der Waals surface area (Å²) in [6, 6.07) is 8.29. The number of phenols is 1. The van der Waals surface area contributed by atoms with Gasteiger partial charge in [0.15, 0.2) is 11.5 Å². The number of ether oxygens (including phenoxy) is 2. The molecule has 1 fully saturated rings. The standard InChI is InChI=1S/C23H24N2O9/c1-2-34-18-13-14(6-7-17(18)27)20-19(21(28)15-4-3-5-16(12-15)25(31)32)22(29)23(30)24(20)8-10-33-11-9-26/h3-7,12-13,20,26-28H,2,8-11H2,1H3/b21-19+. The predicted octanol–water partition coefficient (Wildman–Crippen LogP) is 2.13. The van der Waals surface area contributed by atoms with Gasteiger partial charge in [0.05, 0.1) is 43.0 Å². The highest BCUT2D eigenvalue weighted by molar-refractivity contribution is 6.46. The number of aliphatic hydroxyl groups excluding tert-OH is 2. The summed E-state index contributed by atoms with van der Waals surface area (Å²) in [5.41, 5.74) is -0.191. The Morgan fingerprint density at radius 3 is 2.62 bits per heavy atom. The van der Waals surface area contributed by atoms with E-state index >= 15 is 0 Å². The van der Waals surface area contributed by atoms with Gasteiger partial charge in [-0.25, -0.2) is 0 Å². The number of likely N-dealkylation sites (tertiary alicyclic amines) is 1. The molecule has 1 amide bonds. The molecule has 1 aliphatic heterocycles. The maximum atomic E-state index is 13.0. The van der Waals surface area contributed by atoms with Gasteiger partial charge in [-0.3, -0.25) is 19.7 Å². The number of phenolic OH excluding ortho intramolecular Hbond substituents is 1. The number of rotatable bonds is 10. The molecule has 1 aliphatic rings. The molecule has 2 aromatic carbocycles. The summed E-state index contributed by atoms with van der Waals surface area (Å²) >= 11 is 0. The molecule has 0 radical (unpaired) electrons. The van der Waals surface area contributed by atoms with Crippen molar-refractivity contribution in [2.24, 2.45) is 0 Å². The number of hydrogen-bond acceptors (Lipinski definition) is 9. The van der Waals surface area contributed by atoms with Crippen LogP contribution in [0.3, 0.4) is 0 Å². The Kier molecular flexibility index (Phi) is 7.82. The molecule has 11 nitrogen and oxygen atoms in total. The van der Waals surface area contributed by atoms with Gasteiger partial charge in [-0.1, -0.05) is 18.2 Å². The van der Waals surface area contributed by atoms with Gasteiger partial charge in [-0.2, -0.15) is 0 Å². The molecule has 0 spiro atoms. The van der Waals surface area contributed by atoms with Crippen LogP contribution in [0.4, 0.5) is 5.69 Å². The Balaban J connectivity index is 2.14. The number of amides is 1. The number of non-ortho nitro benzene ring substituents is 1. The highest BCUT2D eigenvalue weighted by Gasteiger charge is 2.46. The quantitative estimate of drug-likeness (QED) is 0.118. The van der Waals surface area contributed by atoms with Crippen LogP contribution in [0.2, 0.25) is 0 Å². The average Bonchev–Trinajstić information content (AvgIpc) is 3.08. The van der Waals surface area contributed by atoms with Crippen molar-refractivity contribution in [3.05, 3.63) is 69.3 Å². The van der Waals surface area contributed by atoms with Crippen LogP contribution in [0.1, 0.15) is 24.1 Å². The Bertz CT molecular complexity index is 1130. The highest BCUT2D eigenvalue weighted by Crippen LogP contribution is 2.41. The van der Waals surface area contributed by atoms with Crippen LogP contribution in [-0.4, -0.2) is 69.8 Å². The minimum atomic E-state index is -1.07. The second-order valence-electron chi connectivity index (χ2n) is 7.30. The fraction of sp³-hybridized carbons (Fsp3) is 0.304. The third-order valence-electron chi connectivity index (χ3n) is 5.18. The number of nitro benzene ring substituents is 1. The molecule has 0 aromatic heterocycles. The zero-order valence-electron chi connectivity index (χ0n) is 18.3. The van der Waals surface area contributed by atoms with E-state index in [1.807, 2.05) is 0 Å². The van der Waals surface area contributed by atoms with Gasteiger partial charge in [-0.15, -0.1) is 0 Å². The van der Waals surface area contributed by atoms with Crippen molar-refractivity contribution in [3.63, 3.8) is 0 Å². The molecule has 34 heavy (non-hydrogen) atoms. The Morgan fingerprint density at radius 2 is 1.94 bits per heavy atom. The van der Waals surface area contributed by atoms with Crippen LogP contribution in [0, 0.1) is 10.1 Å². The van der Waals surface area contributed by atoms with E-state index in [0.717, 1.165) is 6.07 Å². The first-order valence-electron chi connectivity index (χ1n) is 10.5. The fourth-order valence-corrected chi connectivity index (χ4v) is 3.68. The Morgan fingerprint density at radius 1 is 1.18 bits per heavy atom. The van der Waals surface area contributed by atoms with Crippen LogP contribution >= 0.6 is 0 Å². The van der Waals surface area contributed by atoms with Gasteiger partial charge < -0.3 is 29.7 Å². The second-order valence-corrected chi connectivity index (χ2v) is 7.30. The van der Waals surface area contributed by atoms with Crippen LogP contribution in [0.5, 0.6) is 11.5 Å². The molecule has 3 N–H and O–H groups in total. The van der Waals surface area contributed by atoms with Gasteiger partial charge >= 0.3 is 0 Å². The van der Waals surface area contributed by atoms with E-state index in [-0.39, 0.29) is 61.3 Å². The zero-order valence-corrected chi connectivity index (χ0v) is 18.3. The maximum Gasteiger partial charge on any atom is 0.295 e. The summed E-state index contributed by atoms with van der Waals surface area (Å²) in [5.74, 6) is -2.46. The maximum absolute atomic E-state index is 13.0. The van der Waals surface area contributed by atoms with E-state index in [1.54, 1.807) is 6.92 Å². The van der Waals surface area contributed by atoms with Crippen molar-refractivity contribution in [2.75, 3.05) is 33.0 Å². The molecule has 1 atom stereocenters. The van der Waals surface area contributed by atoms with Crippen molar-refractivity contribution >= 4 is 23.1 Å². The molecule has 11 heteroatoms. The zero-order chi connectivity index (χ0) is 24.8. The third kappa shape index (κ3) is 5.00. The van der Waals surface area contributed by atoms with E-state index in [0.29, 0.717) is 5.56 Å². The molecule has 180 valence electrons. The third-order valence-corrected chi connectivity index (χ3v) is 5.18. The summed E-state index contributed by atoms with van der Waals surface area (Å²) in [6.45, 7) is 1.77. The summed E-state index contributed by atoms with van der Waals surface area (Å²) in [5, 5.41) is 41.2. The predicted molar refractivity (Wildman–Crippen MR) is 119 cm³/mol. The van der Waals surface area contributed by atoms with Crippen molar-refractivity contribution in [1.29, 1.82) is 0 Å². The lowest BCUT2D eigenvalue weighted by Gasteiger charge is -2.25. The van der Waals surface area contributed by atoms with Crippen molar-refractivity contribution < 1.29 is 39.3 Å². The van der Waals surface area contributed by atoms with Crippen molar-refractivity contribution in [2.45, 2.75) is 13.0 Å². The first-order valence-corrected chi connectivity index (χ1v) is 10.5. The van der Waals surface area contributed by atoms with Crippen LogP contribution in [-0.2, 0) is 14.3 Å². The van der Waals surface area contributed by atoms with Crippen molar-refractivity contribution in [1.82, 2.24) is 4.90 Å². The monoisotopic (exact) mass is 472 g/mol. The normalized spacial score (nSPS) is 17.2. The summed E-state index contributed by atoms with van der Waals surface area (Å²) in [7, 11) is 0. The van der Waals surface area contributed by atoms with Crippen LogP contribution in [0.15, 0.2) is 48.0 Å². The number of benzene rings is 2. The van der Waals surface area contributed by atoms with Crippen LogP contribution < -0.4 is 4.74 Å². The number of nitrogens with zero attached hydrogens (tertiary/aromatic N) is 2. The number of aliphatic hydroxyl groups is 2. The van der Waals surface area contributed by atoms with E-state index in [4.69, 9.17) is 14.6 Å². The van der Waals surface area contributed by atoms with E-state index in [1.165, 1.54) is 41.3 Å². The van der Waals surface area contributed by atoms with E-state index < -0.39 is 28.4 Å². The summed E-state index contributed by atoms with van der Waals surface area (Å²) < 4.78 is 10.7. The average molecular weight is 472 g/mol. The smallest absolute Gasteiger partial charge is 0.295 e. The second kappa shape index (κ2) is 10.8. The molecule has 0 aliphatic carbocycles. The molecule has 3 rings (SSSR count). The minimum absolute atomic E-state index is 0.00228. The SMILES string of the molecule is CCOc1cc(C2/C(=C(\O)c3cccc([N+](=O)[O-])c3)C(=O)C(=O)N2CCOCCO)ccc1O. The molecule has 1 saturated heterocycles. The van der Waals surface area contributed by atoms with Gasteiger partial charge in [-0.05, 0) is 24.6 Å². The first kappa shape index (κ1) is 24.7. The number of hydrogen-bond donors (Lipinski definition) is 3. The lowest BCUT2D eigenvalue weighted by molar-refractivity contribution is -0.384. The molecule has 0 saturated carbocycles. The van der Waals surface area contributed by atoms with Gasteiger partial charge in [0, 0.05) is 24.2 Å². The molecule has 0 bridgehead atoms. The summed E-state index contributed by atoms with van der Waals surface area (Å²) in [4.78, 5) is 37.6. The first-order chi connectivity index (χ1) is 16.3. The lowest BCUT2D eigenvalue weighted by atomic mass is 9.95. The van der Waals surface area contributed by atoms with Crippen molar-refractivity contribution in [3.8, 4) is 11.5 Å². The lowest BCUT2D eigenvalue weighted by Crippen LogP contribution is -2.33. The summed E-state index contributed by atoms with van der Waals surface area (Å²) in [6.07, 6.45) is 0. The molecular formula is C23H24N2O9. The number of ketones is 1. The van der Waals surface area contributed by atoms with E-state index in [2.05, 4.69) is 0 Å². The van der Waals surface area contributed by atoms with Crippen LogP contribution in [0.25, 0.3) is 5.76 Å².